The minimum atomic E-state index is 0.435. The monoisotopic (exact) mass is 355 g/mol. The molecule has 0 aliphatic carbocycles. The van der Waals surface area contributed by atoms with E-state index in [1.807, 2.05) is 23.1 Å². The van der Waals surface area contributed by atoms with Gasteiger partial charge in [-0.1, -0.05) is 22.9 Å². The molecule has 0 radical (unpaired) electrons. The molecule has 1 N–H and O–H groups in total. The Bertz CT molecular complexity index is 507. The second kappa shape index (κ2) is 7.48. The molecule has 102 valence electrons. The van der Waals surface area contributed by atoms with Gasteiger partial charge in [-0.25, -0.2) is 0 Å². The molecule has 1 aromatic heterocycles. The molecule has 1 aromatic carbocycles. The standard InChI is InChI=1S/C15H18BrNS2/c1-3-17-15(14-8-9-18-11(14)2)10-19-13-6-4-12(16)5-7-13/h4-9,15,17H,3,10H2,1-2H3. The van der Waals surface area contributed by atoms with Crippen LogP contribution in [0.5, 0.6) is 0 Å². The third kappa shape index (κ3) is 4.35. The fourth-order valence-electron chi connectivity index (χ4n) is 1.97. The molecule has 0 aliphatic rings. The number of hydrogen-bond donors (Lipinski definition) is 1. The number of rotatable bonds is 6. The lowest BCUT2D eigenvalue weighted by Crippen LogP contribution is -2.23. The number of aryl methyl sites for hydroxylation is 1. The summed E-state index contributed by atoms with van der Waals surface area (Å²) >= 11 is 7.20. The molecule has 0 spiro atoms. The number of hydrogen-bond acceptors (Lipinski definition) is 3. The van der Waals surface area contributed by atoms with Crippen molar-refractivity contribution in [2.75, 3.05) is 12.3 Å². The molecule has 2 rings (SSSR count). The molecule has 0 bridgehead atoms. The topological polar surface area (TPSA) is 12.0 Å². The maximum atomic E-state index is 3.58. The van der Waals surface area contributed by atoms with Crippen LogP contribution in [0.3, 0.4) is 0 Å². The number of thiophene rings is 1. The van der Waals surface area contributed by atoms with E-state index in [9.17, 15) is 0 Å². The van der Waals surface area contributed by atoms with Gasteiger partial charge < -0.3 is 5.32 Å². The van der Waals surface area contributed by atoms with Crippen molar-refractivity contribution >= 4 is 39.0 Å². The van der Waals surface area contributed by atoms with Crippen molar-refractivity contribution in [3.8, 4) is 0 Å². The summed E-state index contributed by atoms with van der Waals surface area (Å²) in [5.74, 6) is 1.06. The molecule has 1 unspecified atom stereocenters. The van der Waals surface area contributed by atoms with Gasteiger partial charge in [-0.15, -0.1) is 23.1 Å². The molecule has 1 heterocycles. The van der Waals surface area contributed by atoms with Crippen LogP contribution in [0.2, 0.25) is 0 Å². The third-order valence-corrected chi connectivity index (χ3v) is 5.45. The van der Waals surface area contributed by atoms with E-state index in [1.54, 1.807) is 0 Å². The number of benzene rings is 1. The molecule has 1 nitrogen and oxygen atoms in total. The fraction of sp³-hybridized carbons (Fsp3) is 0.333. The van der Waals surface area contributed by atoms with Gasteiger partial charge in [0.25, 0.3) is 0 Å². The highest BCUT2D eigenvalue weighted by Gasteiger charge is 2.13. The van der Waals surface area contributed by atoms with Gasteiger partial charge in [0.15, 0.2) is 0 Å². The van der Waals surface area contributed by atoms with Crippen molar-refractivity contribution < 1.29 is 0 Å². The van der Waals surface area contributed by atoms with Gasteiger partial charge in [0.05, 0.1) is 0 Å². The van der Waals surface area contributed by atoms with Crippen LogP contribution in [0.25, 0.3) is 0 Å². The maximum Gasteiger partial charge on any atom is 0.0426 e. The molecule has 0 fully saturated rings. The number of halogens is 1. The molecule has 0 amide bonds. The van der Waals surface area contributed by atoms with Crippen LogP contribution in [0, 0.1) is 6.92 Å². The Balaban J connectivity index is 2.01. The minimum Gasteiger partial charge on any atom is -0.309 e. The summed E-state index contributed by atoms with van der Waals surface area (Å²) in [5, 5.41) is 5.76. The van der Waals surface area contributed by atoms with Gasteiger partial charge in [0, 0.05) is 26.0 Å². The number of nitrogens with one attached hydrogen (secondary N) is 1. The zero-order valence-electron chi connectivity index (χ0n) is 11.2. The van der Waals surface area contributed by atoms with Crippen molar-refractivity contribution in [1.82, 2.24) is 5.32 Å². The molecule has 2 aromatic rings. The van der Waals surface area contributed by atoms with E-state index in [1.165, 1.54) is 15.3 Å². The molecule has 19 heavy (non-hydrogen) atoms. The lowest BCUT2D eigenvalue weighted by Gasteiger charge is -2.17. The summed E-state index contributed by atoms with van der Waals surface area (Å²) in [7, 11) is 0. The highest BCUT2D eigenvalue weighted by Crippen LogP contribution is 2.29. The second-order valence-electron chi connectivity index (χ2n) is 4.31. The zero-order valence-corrected chi connectivity index (χ0v) is 14.4. The Morgan fingerprint density at radius 1 is 1.26 bits per heavy atom. The average Bonchev–Trinajstić information content (AvgIpc) is 2.83. The summed E-state index contributed by atoms with van der Waals surface area (Å²) < 4.78 is 1.13. The van der Waals surface area contributed by atoms with Crippen LogP contribution < -0.4 is 5.32 Å². The van der Waals surface area contributed by atoms with Crippen molar-refractivity contribution in [3.63, 3.8) is 0 Å². The first-order chi connectivity index (χ1) is 9.20. The summed E-state index contributed by atoms with van der Waals surface area (Å²) in [6.07, 6.45) is 0. The smallest absolute Gasteiger partial charge is 0.0426 e. The van der Waals surface area contributed by atoms with Gasteiger partial charge in [-0.05, 0) is 54.7 Å². The molecule has 4 heteroatoms. The van der Waals surface area contributed by atoms with E-state index in [4.69, 9.17) is 0 Å². The first kappa shape index (κ1) is 15.1. The van der Waals surface area contributed by atoms with E-state index in [0.29, 0.717) is 6.04 Å². The van der Waals surface area contributed by atoms with E-state index in [0.717, 1.165) is 16.8 Å². The average molecular weight is 356 g/mol. The third-order valence-electron chi connectivity index (χ3n) is 2.96. The SMILES string of the molecule is CCNC(CSc1ccc(Br)cc1)c1ccsc1C. The second-order valence-corrected chi connectivity index (χ2v) is 7.44. The van der Waals surface area contributed by atoms with E-state index >= 15 is 0 Å². The summed E-state index contributed by atoms with van der Waals surface area (Å²) in [6.45, 7) is 5.37. The zero-order chi connectivity index (χ0) is 13.7. The van der Waals surface area contributed by atoms with Crippen LogP contribution in [0.15, 0.2) is 45.1 Å². The molecule has 1 atom stereocenters. The molecule has 0 saturated heterocycles. The highest BCUT2D eigenvalue weighted by molar-refractivity contribution is 9.10. The normalized spacial score (nSPS) is 12.6. The van der Waals surface area contributed by atoms with Crippen LogP contribution in [-0.4, -0.2) is 12.3 Å². The van der Waals surface area contributed by atoms with E-state index in [2.05, 4.69) is 70.8 Å². The lowest BCUT2D eigenvalue weighted by molar-refractivity contribution is 0.605. The van der Waals surface area contributed by atoms with Gasteiger partial charge in [0.1, 0.15) is 0 Å². The van der Waals surface area contributed by atoms with Crippen molar-refractivity contribution in [3.05, 3.63) is 50.6 Å². The molecular formula is C15H18BrNS2. The first-order valence-corrected chi connectivity index (χ1v) is 9.02. The van der Waals surface area contributed by atoms with Crippen molar-refractivity contribution in [2.45, 2.75) is 24.8 Å². The van der Waals surface area contributed by atoms with E-state index in [-0.39, 0.29) is 0 Å². The minimum absolute atomic E-state index is 0.435. The fourth-order valence-corrected chi connectivity index (χ4v) is 3.99. The predicted octanol–water partition coefficient (Wildman–Crippen LogP) is 5.26. The van der Waals surface area contributed by atoms with Crippen LogP contribution in [-0.2, 0) is 0 Å². The van der Waals surface area contributed by atoms with Crippen LogP contribution in [0.1, 0.15) is 23.4 Å². The Labute approximate surface area is 131 Å². The summed E-state index contributed by atoms with van der Waals surface area (Å²) in [4.78, 5) is 2.74. The highest BCUT2D eigenvalue weighted by atomic mass is 79.9. The maximum absolute atomic E-state index is 3.58. The van der Waals surface area contributed by atoms with Gasteiger partial charge in [-0.2, -0.15) is 0 Å². The Kier molecular flexibility index (Phi) is 5.95. The molecular weight excluding hydrogens is 338 g/mol. The quantitative estimate of drug-likeness (QED) is 0.709. The Hall–Kier alpha value is -0.290. The van der Waals surface area contributed by atoms with Crippen LogP contribution >= 0.6 is 39.0 Å². The largest absolute Gasteiger partial charge is 0.309 e. The summed E-state index contributed by atoms with van der Waals surface area (Å²) in [5.41, 5.74) is 1.44. The van der Waals surface area contributed by atoms with Crippen LogP contribution in [0.4, 0.5) is 0 Å². The van der Waals surface area contributed by atoms with Crippen molar-refractivity contribution in [1.29, 1.82) is 0 Å². The van der Waals surface area contributed by atoms with Gasteiger partial charge >= 0.3 is 0 Å². The first-order valence-electron chi connectivity index (χ1n) is 6.36. The lowest BCUT2D eigenvalue weighted by atomic mass is 10.1. The van der Waals surface area contributed by atoms with Crippen molar-refractivity contribution in [2.24, 2.45) is 0 Å². The molecule has 0 aliphatic heterocycles. The number of thioether (sulfide) groups is 1. The van der Waals surface area contributed by atoms with Gasteiger partial charge in [0.2, 0.25) is 0 Å². The molecule has 0 saturated carbocycles. The predicted molar refractivity (Wildman–Crippen MR) is 90.3 cm³/mol. The van der Waals surface area contributed by atoms with E-state index < -0.39 is 0 Å². The summed E-state index contributed by atoms with van der Waals surface area (Å²) in [6, 6.07) is 11.2. The Morgan fingerprint density at radius 3 is 2.58 bits per heavy atom. The Morgan fingerprint density at radius 2 is 2.00 bits per heavy atom. The van der Waals surface area contributed by atoms with Gasteiger partial charge in [-0.3, -0.25) is 0 Å².